The van der Waals surface area contributed by atoms with Gasteiger partial charge >= 0.3 is 0 Å². The number of imidazole rings is 1. The first-order valence-electron chi connectivity index (χ1n) is 10.7. The van der Waals surface area contributed by atoms with Crippen molar-refractivity contribution in [2.24, 2.45) is 17.3 Å². The van der Waals surface area contributed by atoms with Crippen molar-refractivity contribution in [1.82, 2.24) is 19.9 Å². The lowest BCUT2D eigenvalue weighted by Crippen LogP contribution is -2.38. The Morgan fingerprint density at radius 3 is 2.66 bits per heavy atom. The average Bonchev–Trinajstić information content (AvgIpc) is 3.02. The zero-order valence-corrected chi connectivity index (χ0v) is 17.3. The van der Waals surface area contributed by atoms with E-state index in [0.29, 0.717) is 17.9 Å². The molecule has 0 aliphatic heterocycles. The minimum absolute atomic E-state index is 0.164. The molecule has 1 N–H and O–H groups in total. The maximum Gasteiger partial charge on any atom is 0.248 e. The van der Waals surface area contributed by atoms with Gasteiger partial charge in [-0.25, -0.2) is 18.3 Å². The Kier molecular flexibility index (Phi) is 5.34. The van der Waals surface area contributed by atoms with Crippen LogP contribution in [0.15, 0.2) is 18.5 Å². The van der Waals surface area contributed by atoms with Crippen molar-refractivity contribution in [2.75, 3.05) is 0 Å². The highest BCUT2D eigenvalue weighted by Crippen LogP contribution is 2.44. The van der Waals surface area contributed by atoms with Gasteiger partial charge in [0.25, 0.3) is 0 Å². The number of carbonyl (C=O) groups excluding carboxylic acids is 1. The number of alkyl halides is 2. The van der Waals surface area contributed by atoms with Gasteiger partial charge in [0, 0.05) is 25.8 Å². The standard InChI is InChI=1S/C22H30F2N4O/c1-21(2)5-3-15(4-6-21)7-18-14-28-19(27-18)8-17(13-26-28)12-25-20(29)9-16-10-22(23,24)11-16/h8,13-16H,3-7,9-12H2,1-2H3,(H,25,29). The lowest BCUT2D eigenvalue weighted by atomic mass is 9.72. The second-order valence-corrected chi connectivity index (χ2v) is 9.82. The summed E-state index contributed by atoms with van der Waals surface area (Å²) in [5.41, 5.74) is 3.17. The van der Waals surface area contributed by atoms with Gasteiger partial charge in [0.2, 0.25) is 11.8 Å². The Balaban J connectivity index is 1.29. The monoisotopic (exact) mass is 404 g/mol. The zero-order valence-electron chi connectivity index (χ0n) is 17.3. The summed E-state index contributed by atoms with van der Waals surface area (Å²) in [7, 11) is 0. The van der Waals surface area contributed by atoms with Crippen LogP contribution in [-0.2, 0) is 17.8 Å². The van der Waals surface area contributed by atoms with Crippen LogP contribution in [0.3, 0.4) is 0 Å². The molecule has 2 aromatic heterocycles. The zero-order chi connectivity index (χ0) is 20.6. The van der Waals surface area contributed by atoms with Gasteiger partial charge in [0.15, 0.2) is 5.65 Å². The van der Waals surface area contributed by atoms with Crippen molar-refractivity contribution < 1.29 is 13.6 Å². The smallest absolute Gasteiger partial charge is 0.248 e. The van der Waals surface area contributed by atoms with Crippen LogP contribution >= 0.6 is 0 Å². The number of rotatable bonds is 6. The first-order chi connectivity index (χ1) is 13.7. The molecule has 158 valence electrons. The molecule has 0 bridgehead atoms. The van der Waals surface area contributed by atoms with E-state index in [0.717, 1.165) is 23.3 Å². The van der Waals surface area contributed by atoms with Crippen LogP contribution in [-0.4, -0.2) is 26.4 Å². The fraction of sp³-hybridized carbons (Fsp3) is 0.682. The van der Waals surface area contributed by atoms with E-state index in [-0.39, 0.29) is 31.1 Å². The molecule has 1 amide bonds. The van der Waals surface area contributed by atoms with Crippen LogP contribution in [0.25, 0.3) is 5.65 Å². The van der Waals surface area contributed by atoms with E-state index in [9.17, 15) is 13.6 Å². The second-order valence-electron chi connectivity index (χ2n) is 9.82. The third kappa shape index (κ3) is 5.11. The first kappa shape index (κ1) is 20.2. The maximum absolute atomic E-state index is 12.9. The topological polar surface area (TPSA) is 59.3 Å². The summed E-state index contributed by atoms with van der Waals surface area (Å²) in [5, 5.41) is 7.22. The summed E-state index contributed by atoms with van der Waals surface area (Å²) in [6.07, 6.45) is 9.54. The molecule has 2 aliphatic carbocycles. The molecule has 2 aromatic rings. The predicted octanol–water partition coefficient (Wildman–Crippen LogP) is 4.54. The molecule has 0 radical (unpaired) electrons. The molecular formula is C22H30F2N4O. The van der Waals surface area contributed by atoms with Crippen LogP contribution in [0.2, 0.25) is 0 Å². The molecule has 2 heterocycles. The van der Waals surface area contributed by atoms with Gasteiger partial charge in [-0.1, -0.05) is 13.8 Å². The highest BCUT2D eigenvalue weighted by molar-refractivity contribution is 5.76. The van der Waals surface area contributed by atoms with Crippen LogP contribution in [0.4, 0.5) is 8.78 Å². The molecule has 0 spiro atoms. The summed E-state index contributed by atoms with van der Waals surface area (Å²) >= 11 is 0. The van der Waals surface area contributed by atoms with Gasteiger partial charge in [-0.3, -0.25) is 4.79 Å². The van der Waals surface area contributed by atoms with E-state index in [1.165, 1.54) is 25.7 Å². The van der Waals surface area contributed by atoms with E-state index in [1.807, 2.05) is 12.3 Å². The number of hydrogen-bond donors (Lipinski definition) is 1. The predicted molar refractivity (Wildman–Crippen MR) is 107 cm³/mol. The minimum atomic E-state index is -2.58. The van der Waals surface area contributed by atoms with Gasteiger partial charge in [-0.15, -0.1) is 0 Å². The van der Waals surface area contributed by atoms with Crippen molar-refractivity contribution in [3.05, 3.63) is 29.7 Å². The third-order valence-corrected chi connectivity index (χ3v) is 6.52. The van der Waals surface area contributed by atoms with Crippen molar-refractivity contribution >= 4 is 11.6 Å². The molecule has 0 unspecified atom stereocenters. The van der Waals surface area contributed by atoms with Crippen molar-refractivity contribution in [2.45, 2.75) is 77.7 Å². The maximum atomic E-state index is 12.9. The van der Waals surface area contributed by atoms with Gasteiger partial charge in [0.05, 0.1) is 18.1 Å². The summed E-state index contributed by atoms with van der Waals surface area (Å²) < 4.78 is 27.5. The molecule has 2 aliphatic rings. The molecule has 7 heteroatoms. The van der Waals surface area contributed by atoms with Gasteiger partial charge in [-0.05, 0) is 61.0 Å². The van der Waals surface area contributed by atoms with Crippen molar-refractivity contribution in [1.29, 1.82) is 0 Å². The normalized spacial score (nSPS) is 21.8. The Morgan fingerprint density at radius 2 is 1.97 bits per heavy atom. The summed E-state index contributed by atoms with van der Waals surface area (Å²) in [4.78, 5) is 16.7. The van der Waals surface area contributed by atoms with Crippen molar-refractivity contribution in [3.8, 4) is 0 Å². The number of amides is 1. The molecule has 29 heavy (non-hydrogen) atoms. The molecule has 5 nitrogen and oxygen atoms in total. The molecule has 4 rings (SSSR count). The Labute approximate surface area is 170 Å². The summed E-state index contributed by atoms with van der Waals surface area (Å²) in [6.45, 7) is 5.03. The molecular weight excluding hydrogens is 374 g/mol. The molecule has 0 aromatic carbocycles. The fourth-order valence-electron chi connectivity index (χ4n) is 4.58. The van der Waals surface area contributed by atoms with Gasteiger partial charge in [0.1, 0.15) is 0 Å². The minimum Gasteiger partial charge on any atom is -0.352 e. The number of nitrogens with one attached hydrogen (secondary N) is 1. The van der Waals surface area contributed by atoms with Crippen LogP contribution in [0.5, 0.6) is 0 Å². The number of nitrogens with zero attached hydrogens (tertiary/aromatic N) is 3. The largest absolute Gasteiger partial charge is 0.352 e. The lowest BCUT2D eigenvalue weighted by molar-refractivity contribution is -0.133. The molecule has 0 atom stereocenters. The molecule has 0 saturated heterocycles. The van der Waals surface area contributed by atoms with Crippen LogP contribution < -0.4 is 5.32 Å². The van der Waals surface area contributed by atoms with Crippen LogP contribution in [0.1, 0.15) is 70.1 Å². The fourth-order valence-corrected chi connectivity index (χ4v) is 4.58. The Morgan fingerprint density at radius 1 is 1.24 bits per heavy atom. The summed E-state index contributed by atoms with van der Waals surface area (Å²) in [6, 6.07) is 1.93. The molecule has 2 fully saturated rings. The third-order valence-electron chi connectivity index (χ3n) is 6.52. The Bertz CT molecular complexity index is 874. The van der Waals surface area contributed by atoms with E-state index >= 15 is 0 Å². The van der Waals surface area contributed by atoms with Crippen molar-refractivity contribution in [3.63, 3.8) is 0 Å². The quantitative estimate of drug-likeness (QED) is 0.769. The summed E-state index contributed by atoms with van der Waals surface area (Å²) in [5.74, 6) is -2.28. The number of carbonyl (C=O) groups is 1. The number of aromatic nitrogens is 3. The average molecular weight is 405 g/mol. The van der Waals surface area contributed by atoms with Gasteiger partial charge < -0.3 is 5.32 Å². The van der Waals surface area contributed by atoms with E-state index in [2.05, 4.69) is 24.3 Å². The highest BCUT2D eigenvalue weighted by Gasteiger charge is 2.45. The van der Waals surface area contributed by atoms with E-state index in [1.54, 1.807) is 10.7 Å². The number of hydrogen-bond acceptors (Lipinski definition) is 3. The number of fused-ring (bicyclic) bond motifs is 1. The Hall–Kier alpha value is -2.05. The highest BCUT2D eigenvalue weighted by atomic mass is 19.3. The first-order valence-corrected chi connectivity index (χ1v) is 10.7. The molecule has 2 saturated carbocycles. The van der Waals surface area contributed by atoms with Gasteiger partial charge in [-0.2, -0.15) is 5.10 Å². The lowest BCUT2D eigenvalue weighted by Gasteiger charge is -2.34. The second kappa shape index (κ2) is 7.65. The van der Waals surface area contributed by atoms with E-state index in [4.69, 9.17) is 4.98 Å². The van der Waals surface area contributed by atoms with Crippen LogP contribution in [0, 0.1) is 17.3 Å². The van der Waals surface area contributed by atoms with E-state index < -0.39 is 5.92 Å². The number of halogens is 2. The SMILES string of the molecule is CC1(C)CCC(Cc2cn3ncc(CNC(=O)CC4CC(F)(F)C4)cc3n2)CC1.